The standard InChI is InChI=1S/C29H28F3N3O3/c1-37-25-13-4-5-14-26(25)38-16-7-6-15-34-24-12-3-2-11-23(24)33-28(34)20-17-27(36)35(19-20)22-10-8-9-21(18-22)29(30,31)32/h2-5,8-14,18,20H,6-7,15-17,19H2,1H3. The van der Waals surface area contributed by atoms with E-state index in [-0.39, 0.29) is 30.5 Å². The summed E-state index contributed by atoms with van der Waals surface area (Å²) in [4.78, 5) is 19.2. The summed E-state index contributed by atoms with van der Waals surface area (Å²) in [5.74, 6) is 1.72. The number of imidazole rings is 1. The Morgan fingerprint density at radius 1 is 0.974 bits per heavy atom. The van der Waals surface area contributed by atoms with E-state index < -0.39 is 11.7 Å². The Bertz CT molecular complexity index is 1430. The van der Waals surface area contributed by atoms with Gasteiger partial charge >= 0.3 is 6.18 Å². The summed E-state index contributed by atoms with van der Waals surface area (Å²) in [6.07, 6.45) is -2.66. The molecule has 1 amide bonds. The Labute approximate surface area is 218 Å². The van der Waals surface area contributed by atoms with Crippen LogP contribution < -0.4 is 14.4 Å². The first-order valence-electron chi connectivity index (χ1n) is 12.5. The van der Waals surface area contributed by atoms with Crippen molar-refractivity contribution < 1.29 is 27.4 Å². The number of methoxy groups -OCH3 is 1. The molecule has 1 aliphatic heterocycles. The van der Waals surface area contributed by atoms with Crippen LogP contribution in [0.3, 0.4) is 0 Å². The summed E-state index contributed by atoms with van der Waals surface area (Å²) in [5.41, 5.74) is 1.29. The minimum Gasteiger partial charge on any atom is -0.493 e. The van der Waals surface area contributed by atoms with E-state index in [0.717, 1.165) is 41.8 Å². The second-order valence-corrected chi connectivity index (χ2v) is 9.27. The summed E-state index contributed by atoms with van der Waals surface area (Å²) >= 11 is 0. The molecule has 3 aromatic carbocycles. The molecule has 1 atom stereocenters. The third kappa shape index (κ3) is 5.32. The smallest absolute Gasteiger partial charge is 0.416 e. The summed E-state index contributed by atoms with van der Waals surface area (Å²) in [6.45, 7) is 1.48. The summed E-state index contributed by atoms with van der Waals surface area (Å²) < 4.78 is 53.1. The number of ether oxygens (including phenoxy) is 2. The number of carbonyl (C=O) groups is 1. The lowest BCUT2D eigenvalue weighted by Gasteiger charge is -2.19. The molecule has 0 N–H and O–H groups in total. The second kappa shape index (κ2) is 10.8. The monoisotopic (exact) mass is 523 g/mol. The van der Waals surface area contributed by atoms with Gasteiger partial charge in [0.2, 0.25) is 5.91 Å². The van der Waals surface area contributed by atoms with Crippen LogP contribution in [0, 0.1) is 0 Å². The molecule has 1 aliphatic rings. The molecule has 0 bridgehead atoms. The fraction of sp³-hybridized carbons (Fsp3) is 0.310. The molecule has 0 saturated carbocycles. The van der Waals surface area contributed by atoms with Gasteiger partial charge in [0.1, 0.15) is 5.82 Å². The van der Waals surface area contributed by atoms with Crippen LogP contribution in [0.4, 0.5) is 18.9 Å². The number of nitrogens with zero attached hydrogens (tertiary/aromatic N) is 3. The van der Waals surface area contributed by atoms with Crippen LogP contribution in [-0.4, -0.2) is 35.7 Å². The maximum atomic E-state index is 13.2. The van der Waals surface area contributed by atoms with Gasteiger partial charge in [0.25, 0.3) is 0 Å². The quantitative estimate of drug-likeness (QED) is 0.237. The number of aryl methyl sites for hydroxylation is 1. The minimum absolute atomic E-state index is 0.191. The number of unbranched alkanes of at least 4 members (excludes halogenated alkanes) is 1. The fourth-order valence-corrected chi connectivity index (χ4v) is 4.91. The Hall–Kier alpha value is -4.01. The molecule has 5 rings (SSSR count). The van der Waals surface area contributed by atoms with Crippen molar-refractivity contribution in [2.45, 2.75) is 37.9 Å². The molecule has 1 fully saturated rings. The predicted molar refractivity (Wildman–Crippen MR) is 139 cm³/mol. The van der Waals surface area contributed by atoms with Gasteiger partial charge in [-0.2, -0.15) is 13.2 Å². The molecule has 4 aromatic rings. The van der Waals surface area contributed by atoms with Gasteiger partial charge in [-0.3, -0.25) is 4.79 Å². The number of benzene rings is 3. The largest absolute Gasteiger partial charge is 0.493 e. The molecule has 2 heterocycles. The van der Waals surface area contributed by atoms with E-state index in [9.17, 15) is 18.0 Å². The number of fused-ring (bicyclic) bond motifs is 1. The molecule has 1 unspecified atom stereocenters. The van der Waals surface area contributed by atoms with Crippen LogP contribution >= 0.6 is 0 Å². The topological polar surface area (TPSA) is 56.6 Å². The average Bonchev–Trinajstić information content (AvgIpc) is 3.48. The van der Waals surface area contributed by atoms with Crippen LogP contribution in [0.1, 0.15) is 36.6 Å². The van der Waals surface area contributed by atoms with Crippen molar-refractivity contribution >= 4 is 22.6 Å². The molecule has 1 aromatic heterocycles. The minimum atomic E-state index is -4.47. The first kappa shape index (κ1) is 25.6. The van der Waals surface area contributed by atoms with Crippen LogP contribution in [0.15, 0.2) is 72.8 Å². The lowest BCUT2D eigenvalue weighted by Crippen LogP contribution is -2.25. The SMILES string of the molecule is COc1ccccc1OCCCCn1c(C2CC(=O)N(c3cccc(C(F)(F)F)c3)C2)nc2ccccc21. The van der Waals surface area contributed by atoms with Crippen molar-refractivity contribution in [1.82, 2.24) is 9.55 Å². The van der Waals surface area contributed by atoms with Gasteiger partial charge in [0.15, 0.2) is 11.5 Å². The highest BCUT2D eigenvalue weighted by Gasteiger charge is 2.36. The maximum absolute atomic E-state index is 13.2. The fourth-order valence-electron chi connectivity index (χ4n) is 4.91. The van der Waals surface area contributed by atoms with Crippen LogP contribution in [-0.2, 0) is 17.5 Å². The highest BCUT2D eigenvalue weighted by molar-refractivity contribution is 5.96. The van der Waals surface area contributed by atoms with Gasteiger partial charge in [0.05, 0.1) is 30.3 Å². The highest BCUT2D eigenvalue weighted by Crippen LogP contribution is 2.36. The van der Waals surface area contributed by atoms with Crippen LogP contribution in [0.5, 0.6) is 11.5 Å². The van der Waals surface area contributed by atoms with Crippen molar-refractivity contribution in [3.8, 4) is 11.5 Å². The van der Waals surface area contributed by atoms with Gasteiger partial charge in [-0.25, -0.2) is 4.98 Å². The van der Waals surface area contributed by atoms with E-state index >= 15 is 0 Å². The number of hydrogen-bond donors (Lipinski definition) is 0. The van der Waals surface area contributed by atoms with Crippen molar-refractivity contribution in [3.05, 3.63) is 84.2 Å². The lowest BCUT2D eigenvalue weighted by molar-refractivity contribution is -0.137. The Morgan fingerprint density at radius 2 is 1.74 bits per heavy atom. The molecule has 0 spiro atoms. The Morgan fingerprint density at radius 3 is 2.53 bits per heavy atom. The number of alkyl halides is 3. The van der Waals surface area contributed by atoms with E-state index in [2.05, 4.69) is 4.57 Å². The molecule has 9 heteroatoms. The normalized spacial score (nSPS) is 15.8. The van der Waals surface area contributed by atoms with E-state index in [4.69, 9.17) is 14.5 Å². The third-order valence-electron chi connectivity index (χ3n) is 6.76. The number of hydrogen-bond acceptors (Lipinski definition) is 4. The van der Waals surface area contributed by atoms with E-state index in [0.29, 0.717) is 24.7 Å². The number of amides is 1. The molecule has 198 valence electrons. The molecule has 0 radical (unpaired) electrons. The molecule has 6 nitrogen and oxygen atoms in total. The molecular weight excluding hydrogens is 495 g/mol. The zero-order chi connectivity index (χ0) is 26.7. The van der Waals surface area contributed by atoms with Crippen LogP contribution in [0.25, 0.3) is 11.0 Å². The molecule has 0 aliphatic carbocycles. The Kier molecular flexibility index (Phi) is 7.26. The summed E-state index contributed by atoms with van der Waals surface area (Å²) in [6, 6.07) is 20.2. The highest BCUT2D eigenvalue weighted by atomic mass is 19.4. The number of anilines is 1. The van der Waals surface area contributed by atoms with Gasteiger partial charge in [-0.15, -0.1) is 0 Å². The van der Waals surface area contributed by atoms with E-state index in [1.165, 1.54) is 11.0 Å². The first-order valence-corrected chi connectivity index (χ1v) is 12.5. The third-order valence-corrected chi connectivity index (χ3v) is 6.76. The predicted octanol–water partition coefficient (Wildman–Crippen LogP) is 6.44. The van der Waals surface area contributed by atoms with Gasteiger partial charge in [-0.05, 0) is 55.3 Å². The van der Waals surface area contributed by atoms with Crippen molar-refractivity contribution in [1.29, 1.82) is 0 Å². The zero-order valence-corrected chi connectivity index (χ0v) is 20.9. The number of carbonyl (C=O) groups excluding carboxylic acids is 1. The molecule has 38 heavy (non-hydrogen) atoms. The van der Waals surface area contributed by atoms with Gasteiger partial charge in [-0.1, -0.05) is 30.3 Å². The van der Waals surface area contributed by atoms with Crippen molar-refractivity contribution in [3.63, 3.8) is 0 Å². The number of aromatic nitrogens is 2. The van der Waals surface area contributed by atoms with Gasteiger partial charge < -0.3 is 18.9 Å². The average molecular weight is 524 g/mol. The number of rotatable bonds is 9. The first-order chi connectivity index (χ1) is 18.3. The zero-order valence-electron chi connectivity index (χ0n) is 20.9. The second-order valence-electron chi connectivity index (χ2n) is 9.27. The lowest BCUT2D eigenvalue weighted by atomic mass is 10.1. The number of halogens is 3. The van der Waals surface area contributed by atoms with Crippen LogP contribution in [0.2, 0.25) is 0 Å². The Balaban J connectivity index is 1.30. The van der Waals surface area contributed by atoms with Gasteiger partial charge in [0, 0.05) is 31.1 Å². The molecular formula is C29H28F3N3O3. The van der Waals surface area contributed by atoms with E-state index in [1.54, 1.807) is 13.2 Å². The van der Waals surface area contributed by atoms with Crippen molar-refractivity contribution in [2.24, 2.45) is 0 Å². The van der Waals surface area contributed by atoms with Crippen molar-refractivity contribution in [2.75, 3.05) is 25.2 Å². The number of para-hydroxylation sites is 4. The molecule has 1 saturated heterocycles. The summed E-state index contributed by atoms with van der Waals surface area (Å²) in [5, 5.41) is 0. The maximum Gasteiger partial charge on any atom is 0.416 e. The van der Waals surface area contributed by atoms with E-state index in [1.807, 2.05) is 48.5 Å². The summed E-state index contributed by atoms with van der Waals surface area (Å²) in [7, 11) is 1.61.